The molecule has 3 heterocycles. The largest absolute Gasteiger partial charge is 0.357 e. The molecule has 6 nitrogen and oxygen atoms in total. The van der Waals surface area contributed by atoms with Gasteiger partial charge in [0.2, 0.25) is 0 Å². The molecule has 0 radical (unpaired) electrons. The molecule has 2 unspecified atom stereocenters. The Morgan fingerprint density at radius 3 is 2.21 bits per heavy atom. The lowest BCUT2D eigenvalue weighted by Gasteiger charge is -2.42. The summed E-state index contributed by atoms with van der Waals surface area (Å²) in [5.41, 5.74) is 1.33. The van der Waals surface area contributed by atoms with Crippen molar-refractivity contribution < 1.29 is 0 Å². The number of nitrogens with one attached hydrogen (secondary N) is 1. The molecule has 1 aromatic heterocycles. The molecule has 2 saturated heterocycles. The fourth-order valence-corrected chi connectivity index (χ4v) is 6.08. The highest BCUT2D eigenvalue weighted by atomic mass is 16.2. The molecule has 3 fully saturated rings. The second kappa shape index (κ2) is 6.34. The normalized spacial score (nSPS) is 29.7. The average molecular weight is 380 g/mol. The van der Waals surface area contributed by atoms with E-state index in [0.717, 1.165) is 37.3 Å². The Balaban J connectivity index is 1.43. The van der Waals surface area contributed by atoms with E-state index in [2.05, 4.69) is 45.1 Å². The van der Waals surface area contributed by atoms with Crippen molar-refractivity contribution in [1.29, 1.82) is 0 Å². The van der Waals surface area contributed by atoms with Crippen LogP contribution in [0.25, 0.3) is 0 Å². The van der Waals surface area contributed by atoms with Gasteiger partial charge in [-0.3, -0.25) is 19.2 Å². The summed E-state index contributed by atoms with van der Waals surface area (Å²) in [6, 6.07) is 12.3. The molecule has 0 amide bonds. The SMILES string of the molecule is Cn1c(=O)cc(N2CC34CCCCC3(CN(Cc3ccccc3)C4)C2)[nH]c1=O. The van der Waals surface area contributed by atoms with Crippen LogP contribution >= 0.6 is 0 Å². The number of hydrogen-bond acceptors (Lipinski definition) is 4. The zero-order valence-corrected chi connectivity index (χ0v) is 16.5. The fourth-order valence-electron chi connectivity index (χ4n) is 6.08. The minimum absolute atomic E-state index is 0.237. The predicted octanol–water partition coefficient (Wildman–Crippen LogP) is 1.96. The van der Waals surface area contributed by atoms with Gasteiger partial charge < -0.3 is 4.90 Å². The average Bonchev–Trinajstić information content (AvgIpc) is 3.16. The van der Waals surface area contributed by atoms with Gasteiger partial charge in [-0.25, -0.2) is 4.79 Å². The van der Waals surface area contributed by atoms with E-state index in [0.29, 0.717) is 5.82 Å². The van der Waals surface area contributed by atoms with Crippen molar-refractivity contribution in [2.45, 2.75) is 32.2 Å². The highest BCUT2D eigenvalue weighted by Crippen LogP contribution is 2.60. The Bertz CT molecular complexity index is 942. The van der Waals surface area contributed by atoms with Crippen molar-refractivity contribution in [1.82, 2.24) is 14.5 Å². The molecule has 5 rings (SSSR count). The quantitative estimate of drug-likeness (QED) is 0.884. The van der Waals surface area contributed by atoms with Crippen molar-refractivity contribution in [2.75, 3.05) is 31.1 Å². The van der Waals surface area contributed by atoms with Crippen molar-refractivity contribution in [3.05, 3.63) is 62.8 Å². The predicted molar refractivity (Wildman–Crippen MR) is 110 cm³/mol. The summed E-state index contributed by atoms with van der Waals surface area (Å²) in [5, 5.41) is 0. The summed E-state index contributed by atoms with van der Waals surface area (Å²) in [6.07, 6.45) is 5.04. The van der Waals surface area contributed by atoms with Gasteiger partial charge in [-0.05, 0) is 18.4 Å². The van der Waals surface area contributed by atoms with E-state index < -0.39 is 0 Å². The number of hydrogen-bond donors (Lipinski definition) is 1. The van der Waals surface area contributed by atoms with E-state index >= 15 is 0 Å². The van der Waals surface area contributed by atoms with Crippen LogP contribution in [0, 0.1) is 10.8 Å². The molecule has 28 heavy (non-hydrogen) atoms. The molecule has 148 valence electrons. The summed E-state index contributed by atoms with van der Waals surface area (Å²) in [4.78, 5) is 32.1. The molecule has 1 aromatic carbocycles. The van der Waals surface area contributed by atoms with Gasteiger partial charge in [0, 0.05) is 56.7 Å². The lowest BCUT2D eigenvalue weighted by Crippen LogP contribution is -2.42. The first-order valence-electron chi connectivity index (χ1n) is 10.3. The second-order valence-corrected chi connectivity index (χ2v) is 9.11. The van der Waals surface area contributed by atoms with E-state index in [1.807, 2.05) is 0 Å². The third kappa shape index (κ3) is 2.65. The summed E-state index contributed by atoms with van der Waals surface area (Å²) in [5.74, 6) is 0.692. The Hall–Kier alpha value is -2.34. The van der Waals surface area contributed by atoms with Gasteiger partial charge >= 0.3 is 5.69 Å². The summed E-state index contributed by atoms with van der Waals surface area (Å²) in [7, 11) is 1.52. The lowest BCUT2D eigenvalue weighted by molar-refractivity contribution is 0.0945. The topological polar surface area (TPSA) is 61.3 Å². The Morgan fingerprint density at radius 1 is 0.964 bits per heavy atom. The van der Waals surface area contributed by atoms with E-state index in [-0.39, 0.29) is 22.1 Å². The van der Waals surface area contributed by atoms with Crippen LogP contribution in [0.15, 0.2) is 46.0 Å². The fraction of sp³-hybridized carbons (Fsp3) is 0.545. The first-order chi connectivity index (χ1) is 13.5. The number of H-pyrrole nitrogens is 1. The van der Waals surface area contributed by atoms with Crippen LogP contribution in [0.5, 0.6) is 0 Å². The van der Waals surface area contributed by atoms with Gasteiger partial charge in [0.05, 0.1) is 0 Å². The van der Waals surface area contributed by atoms with E-state index in [9.17, 15) is 9.59 Å². The Labute approximate surface area is 164 Å². The highest BCUT2D eigenvalue weighted by Gasteiger charge is 2.63. The van der Waals surface area contributed by atoms with Gasteiger partial charge in [-0.15, -0.1) is 0 Å². The molecule has 1 aliphatic carbocycles. The van der Waals surface area contributed by atoms with E-state index in [4.69, 9.17) is 0 Å². The third-order valence-electron chi connectivity index (χ3n) is 7.45. The molecule has 2 aliphatic heterocycles. The number of nitrogens with zero attached hydrogens (tertiary/aromatic N) is 3. The molecule has 2 aromatic rings. The molecule has 6 heteroatoms. The van der Waals surface area contributed by atoms with Gasteiger partial charge in [-0.2, -0.15) is 0 Å². The standard InChI is InChI=1S/C22H28N4O2/c1-24-19(27)11-18(23-20(24)28)26-15-21-9-5-6-10-22(21,16-26)14-25(13-21)12-17-7-3-2-4-8-17/h2-4,7-8,11H,5-6,9-10,12-16H2,1H3,(H,23,28). The van der Waals surface area contributed by atoms with Crippen molar-refractivity contribution >= 4 is 5.82 Å². The van der Waals surface area contributed by atoms with Crippen LogP contribution in [0.3, 0.4) is 0 Å². The van der Waals surface area contributed by atoms with E-state index in [1.54, 1.807) is 6.07 Å². The van der Waals surface area contributed by atoms with Gasteiger partial charge in [0.1, 0.15) is 5.82 Å². The Kier molecular flexibility index (Phi) is 4.02. The molecule has 1 N–H and O–H groups in total. The molecule has 0 spiro atoms. The number of anilines is 1. The number of aromatic amines is 1. The molecule has 1 saturated carbocycles. The monoisotopic (exact) mass is 380 g/mol. The minimum atomic E-state index is -0.330. The number of aromatic nitrogens is 2. The number of benzene rings is 1. The molecular weight excluding hydrogens is 352 g/mol. The molecule has 3 aliphatic rings. The summed E-state index contributed by atoms with van der Waals surface area (Å²) in [6.45, 7) is 5.08. The lowest BCUT2D eigenvalue weighted by atomic mass is 9.60. The maximum Gasteiger partial charge on any atom is 0.329 e. The van der Waals surface area contributed by atoms with Crippen LogP contribution in [0.4, 0.5) is 5.82 Å². The van der Waals surface area contributed by atoms with Crippen LogP contribution in [-0.2, 0) is 13.6 Å². The minimum Gasteiger partial charge on any atom is -0.357 e. The van der Waals surface area contributed by atoms with Crippen molar-refractivity contribution in [2.24, 2.45) is 17.9 Å². The van der Waals surface area contributed by atoms with Crippen molar-refractivity contribution in [3.8, 4) is 0 Å². The molecule has 0 bridgehead atoms. The van der Waals surface area contributed by atoms with Gasteiger partial charge in [0.15, 0.2) is 0 Å². The highest BCUT2D eigenvalue weighted by molar-refractivity contribution is 5.42. The van der Waals surface area contributed by atoms with Crippen LogP contribution in [0.1, 0.15) is 31.2 Å². The first kappa shape index (κ1) is 17.7. The second-order valence-electron chi connectivity index (χ2n) is 9.11. The zero-order valence-electron chi connectivity index (χ0n) is 16.5. The van der Waals surface area contributed by atoms with Crippen LogP contribution < -0.4 is 16.1 Å². The third-order valence-corrected chi connectivity index (χ3v) is 7.45. The Morgan fingerprint density at radius 2 is 1.61 bits per heavy atom. The van der Waals surface area contributed by atoms with Crippen LogP contribution in [-0.4, -0.2) is 40.6 Å². The van der Waals surface area contributed by atoms with Gasteiger partial charge in [-0.1, -0.05) is 43.2 Å². The molecular formula is C22H28N4O2. The summed E-state index contributed by atoms with van der Waals surface area (Å²) >= 11 is 0. The number of likely N-dealkylation sites (tertiary alicyclic amines) is 1. The number of rotatable bonds is 3. The zero-order chi connectivity index (χ0) is 19.4. The molecule has 2 atom stereocenters. The maximum atomic E-state index is 12.1. The van der Waals surface area contributed by atoms with Crippen molar-refractivity contribution in [3.63, 3.8) is 0 Å². The van der Waals surface area contributed by atoms with Gasteiger partial charge in [0.25, 0.3) is 5.56 Å². The summed E-state index contributed by atoms with van der Waals surface area (Å²) < 4.78 is 1.13. The van der Waals surface area contributed by atoms with E-state index in [1.165, 1.54) is 38.3 Å². The van der Waals surface area contributed by atoms with Crippen LogP contribution in [0.2, 0.25) is 0 Å². The first-order valence-corrected chi connectivity index (χ1v) is 10.3. The maximum absolute atomic E-state index is 12.1. The smallest absolute Gasteiger partial charge is 0.329 e.